The Kier molecular flexibility index (Phi) is 5.97. The van der Waals surface area contributed by atoms with E-state index < -0.39 is 0 Å². The summed E-state index contributed by atoms with van der Waals surface area (Å²) in [5.74, 6) is 0.809. The maximum atomic E-state index is 7.05. The Bertz CT molecular complexity index is 3420. The molecule has 8 aromatic carbocycles. The molecule has 0 N–H and O–H groups in total. The van der Waals surface area contributed by atoms with Crippen LogP contribution in [0.3, 0.4) is 0 Å². The number of ether oxygens (including phenoxy) is 1. The highest BCUT2D eigenvalue weighted by Gasteiger charge is 2.39. The second-order valence-corrected chi connectivity index (χ2v) is 15.2. The number of rotatable bonds is 3. The molecule has 262 valence electrons. The summed E-state index contributed by atoms with van der Waals surface area (Å²) < 4.78 is 18.7. The minimum Gasteiger partial charge on any atom is -0.481 e. The van der Waals surface area contributed by atoms with E-state index in [1.54, 1.807) is 0 Å². The molecule has 1 aliphatic carbocycles. The number of hydrogen-bond donors (Lipinski definition) is 0. The highest BCUT2D eigenvalue weighted by atomic mass is 16.5. The lowest BCUT2D eigenvalue weighted by Crippen LogP contribution is -2.18. The Hall–Kier alpha value is -7.30. The Balaban J connectivity index is 1.08. The van der Waals surface area contributed by atoms with Crippen LogP contribution in [0, 0.1) is 0 Å². The molecule has 1 aliphatic heterocycles. The van der Waals surface area contributed by atoms with Gasteiger partial charge >= 0.3 is 0 Å². The normalized spacial score (nSPS) is 16.4. The standard InChI is InChI=1S/C52H32N2O2/c1-2-14-34-31(12-1)13-11-19-35(34)41-30-42-40-28-32(53-44-20-7-3-15-36(44)37-16-4-8-21-45(37)53)24-26-48(40)55-51(42)52-50(41)43-29-33(25-27-49(43)56-52)54-46-22-9-5-17-38(46)39-18-6-10-23-47(39)54/h1-30,43,49H. The van der Waals surface area contributed by atoms with E-state index in [4.69, 9.17) is 9.15 Å². The fourth-order valence-electron chi connectivity index (χ4n) is 9.85. The molecule has 0 fully saturated rings. The minimum atomic E-state index is -0.164. The molecular formula is C52H32N2O2. The first-order valence-corrected chi connectivity index (χ1v) is 19.3. The highest BCUT2D eigenvalue weighted by Crippen LogP contribution is 2.54. The molecule has 0 amide bonds. The van der Waals surface area contributed by atoms with Gasteiger partial charge in [0.15, 0.2) is 11.3 Å². The molecule has 0 saturated carbocycles. The first-order valence-electron chi connectivity index (χ1n) is 19.3. The largest absolute Gasteiger partial charge is 0.481 e. The Morgan fingerprint density at radius 2 is 1.05 bits per heavy atom. The lowest BCUT2D eigenvalue weighted by molar-refractivity contribution is 0.269. The van der Waals surface area contributed by atoms with Crippen LogP contribution in [-0.2, 0) is 0 Å². The number of para-hydroxylation sites is 4. The monoisotopic (exact) mass is 716 g/mol. The zero-order valence-electron chi connectivity index (χ0n) is 30.2. The number of allylic oxidation sites excluding steroid dienone is 2. The average molecular weight is 717 g/mol. The summed E-state index contributed by atoms with van der Waals surface area (Å²) in [6.45, 7) is 0. The molecule has 11 aromatic rings. The van der Waals surface area contributed by atoms with Crippen LogP contribution < -0.4 is 4.74 Å². The summed E-state index contributed by atoms with van der Waals surface area (Å²) in [5, 5.41) is 9.55. The van der Waals surface area contributed by atoms with Crippen molar-refractivity contribution >= 4 is 82.0 Å². The van der Waals surface area contributed by atoms with Crippen LogP contribution in [-0.4, -0.2) is 15.2 Å². The molecule has 2 aliphatic rings. The van der Waals surface area contributed by atoms with E-state index >= 15 is 0 Å². The molecule has 2 atom stereocenters. The van der Waals surface area contributed by atoms with Crippen molar-refractivity contribution in [2.75, 3.05) is 0 Å². The molecule has 0 radical (unpaired) electrons. The van der Waals surface area contributed by atoms with Crippen LogP contribution in [0.15, 0.2) is 186 Å². The van der Waals surface area contributed by atoms with Crippen molar-refractivity contribution in [3.05, 3.63) is 188 Å². The molecule has 4 nitrogen and oxygen atoms in total. The van der Waals surface area contributed by atoms with Crippen LogP contribution in [0.2, 0.25) is 0 Å². The molecule has 3 aromatic heterocycles. The van der Waals surface area contributed by atoms with Crippen molar-refractivity contribution in [2.45, 2.75) is 12.0 Å². The Morgan fingerprint density at radius 1 is 0.464 bits per heavy atom. The molecule has 2 unspecified atom stereocenters. The maximum Gasteiger partial charge on any atom is 0.177 e. The lowest BCUT2D eigenvalue weighted by atomic mass is 9.84. The van der Waals surface area contributed by atoms with E-state index in [1.807, 2.05) is 0 Å². The van der Waals surface area contributed by atoms with Gasteiger partial charge in [-0.05, 0) is 88.7 Å². The van der Waals surface area contributed by atoms with Gasteiger partial charge in [0.25, 0.3) is 0 Å². The number of benzene rings is 8. The van der Waals surface area contributed by atoms with Crippen molar-refractivity contribution in [2.24, 2.45) is 0 Å². The van der Waals surface area contributed by atoms with Gasteiger partial charge in [0.05, 0.1) is 22.1 Å². The van der Waals surface area contributed by atoms with Gasteiger partial charge < -0.3 is 18.3 Å². The molecule has 13 rings (SSSR count). The smallest absolute Gasteiger partial charge is 0.177 e. The van der Waals surface area contributed by atoms with Gasteiger partial charge in [0.2, 0.25) is 0 Å². The quantitative estimate of drug-likeness (QED) is 0.182. The van der Waals surface area contributed by atoms with Gasteiger partial charge in [-0.15, -0.1) is 0 Å². The number of aromatic nitrogens is 2. The zero-order valence-corrected chi connectivity index (χ0v) is 30.2. The lowest BCUT2D eigenvalue weighted by Gasteiger charge is -2.21. The van der Waals surface area contributed by atoms with Crippen molar-refractivity contribution < 1.29 is 9.15 Å². The van der Waals surface area contributed by atoms with Crippen molar-refractivity contribution in [1.29, 1.82) is 0 Å². The number of nitrogens with zero attached hydrogens (tertiary/aromatic N) is 2. The molecule has 4 heterocycles. The predicted molar refractivity (Wildman–Crippen MR) is 231 cm³/mol. The number of fused-ring (bicyclic) bond motifs is 14. The van der Waals surface area contributed by atoms with Gasteiger partial charge in [-0.2, -0.15) is 0 Å². The molecule has 0 bridgehead atoms. The number of furan rings is 1. The fourth-order valence-corrected chi connectivity index (χ4v) is 9.85. The minimum absolute atomic E-state index is 0.0235. The molecular weight excluding hydrogens is 685 g/mol. The topological polar surface area (TPSA) is 32.2 Å². The molecule has 56 heavy (non-hydrogen) atoms. The first kappa shape index (κ1) is 30.1. The summed E-state index contributed by atoms with van der Waals surface area (Å²) in [6, 6.07) is 59.0. The second-order valence-electron chi connectivity index (χ2n) is 15.2. The third-order valence-corrected chi connectivity index (χ3v) is 12.2. The summed E-state index contributed by atoms with van der Waals surface area (Å²) in [5.41, 5.74) is 12.2. The van der Waals surface area contributed by atoms with E-state index in [1.165, 1.54) is 71.1 Å². The van der Waals surface area contributed by atoms with Gasteiger partial charge in [0.1, 0.15) is 11.7 Å². The van der Waals surface area contributed by atoms with Gasteiger partial charge in [-0.25, -0.2) is 0 Å². The summed E-state index contributed by atoms with van der Waals surface area (Å²) in [4.78, 5) is 0. The van der Waals surface area contributed by atoms with E-state index in [0.717, 1.165) is 39.1 Å². The van der Waals surface area contributed by atoms with Gasteiger partial charge in [-0.1, -0.05) is 115 Å². The molecule has 4 heteroatoms. The first-order chi connectivity index (χ1) is 27.8. The zero-order chi connectivity index (χ0) is 36.5. The SMILES string of the molecule is C1=CC2Oc3c(c(-c4cccc5ccccc45)cc4c3oc3ccc(-n5c6ccccc6c6ccccc65)cc34)C2C=C1n1c2ccccc2c2ccccc21. The van der Waals surface area contributed by atoms with Crippen LogP contribution in [0.1, 0.15) is 11.5 Å². The third-order valence-electron chi connectivity index (χ3n) is 12.2. The van der Waals surface area contributed by atoms with E-state index in [9.17, 15) is 0 Å². The molecule has 0 spiro atoms. The third kappa shape index (κ3) is 4.02. The van der Waals surface area contributed by atoms with Crippen molar-refractivity contribution in [1.82, 2.24) is 9.13 Å². The highest BCUT2D eigenvalue weighted by molar-refractivity contribution is 6.14. The summed E-state index contributed by atoms with van der Waals surface area (Å²) in [6.07, 6.45) is 6.73. The van der Waals surface area contributed by atoms with E-state index in [-0.39, 0.29) is 12.0 Å². The Morgan fingerprint density at radius 3 is 1.73 bits per heavy atom. The average Bonchev–Trinajstić information content (AvgIpc) is 4.01. The molecule has 0 saturated heterocycles. The van der Waals surface area contributed by atoms with Crippen molar-refractivity contribution in [3.8, 4) is 22.6 Å². The van der Waals surface area contributed by atoms with Crippen molar-refractivity contribution in [3.63, 3.8) is 0 Å². The van der Waals surface area contributed by atoms with Gasteiger partial charge in [-0.3, -0.25) is 0 Å². The van der Waals surface area contributed by atoms with E-state index in [0.29, 0.717) is 0 Å². The van der Waals surface area contributed by atoms with Crippen LogP contribution >= 0.6 is 0 Å². The fraction of sp³-hybridized carbons (Fsp3) is 0.0385. The predicted octanol–water partition coefficient (Wildman–Crippen LogP) is 13.6. The van der Waals surface area contributed by atoms with Gasteiger partial charge in [0, 0.05) is 55.2 Å². The second kappa shape index (κ2) is 11.1. The summed E-state index contributed by atoms with van der Waals surface area (Å²) >= 11 is 0. The summed E-state index contributed by atoms with van der Waals surface area (Å²) in [7, 11) is 0. The number of hydrogen-bond acceptors (Lipinski definition) is 2. The van der Waals surface area contributed by atoms with Crippen LogP contribution in [0.25, 0.3) is 98.8 Å². The maximum absolute atomic E-state index is 7.05. The van der Waals surface area contributed by atoms with Crippen LogP contribution in [0.4, 0.5) is 0 Å². The van der Waals surface area contributed by atoms with E-state index in [2.05, 4.69) is 191 Å². The van der Waals surface area contributed by atoms with Crippen LogP contribution in [0.5, 0.6) is 5.75 Å². The Labute approximate surface area is 321 Å².